The molecule has 0 N–H and O–H groups in total. The zero-order valence-corrected chi connectivity index (χ0v) is 18.4. The van der Waals surface area contributed by atoms with Crippen LogP contribution in [0.15, 0.2) is 82.8 Å². The van der Waals surface area contributed by atoms with Crippen LogP contribution in [0.3, 0.4) is 0 Å². The maximum atomic E-state index is 13.7. The zero-order chi connectivity index (χ0) is 25.3. The van der Waals surface area contributed by atoms with Crippen LogP contribution < -0.4 is 0 Å². The normalized spacial score (nSPS) is 17.5. The van der Waals surface area contributed by atoms with Crippen molar-refractivity contribution in [1.29, 1.82) is 0 Å². The summed E-state index contributed by atoms with van der Waals surface area (Å²) in [6.45, 7) is 0. The van der Waals surface area contributed by atoms with Gasteiger partial charge in [0, 0.05) is 22.8 Å². The van der Waals surface area contributed by atoms with Crippen LogP contribution in [0.5, 0.6) is 0 Å². The van der Waals surface area contributed by atoms with Crippen LogP contribution in [0.4, 0.5) is 0 Å². The van der Waals surface area contributed by atoms with Gasteiger partial charge in [0.25, 0.3) is 5.78 Å². The SMILES string of the molecule is [N-]=[N+]=C1C=CC2=C(C(=O)C(=[N+]=[N-])C(S(=O)(=O)c3ccccc3C(=O)c3ccccc3)C2=O)C1=[N+]=[N-]. The number of carbonyl (C=O) groups excluding carboxylic acids is 3. The topological polar surface area (TPSA) is 195 Å². The fourth-order valence-electron chi connectivity index (χ4n) is 3.87. The van der Waals surface area contributed by atoms with E-state index in [0.717, 1.165) is 18.2 Å². The summed E-state index contributed by atoms with van der Waals surface area (Å²) < 4.78 is 27.4. The predicted molar refractivity (Wildman–Crippen MR) is 119 cm³/mol. The minimum Gasteiger partial charge on any atom is -0.361 e. The van der Waals surface area contributed by atoms with E-state index in [1.54, 1.807) is 18.2 Å². The largest absolute Gasteiger partial charge is 0.415 e. The van der Waals surface area contributed by atoms with E-state index in [-0.39, 0.29) is 16.8 Å². The van der Waals surface area contributed by atoms with Crippen molar-refractivity contribution in [2.75, 3.05) is 0 Å². The summed E-state index contributed by atoms with van der Waals surface area (Å²) in [6.07, 6.45) is 2.06. The Labute approximate surface area is 197 Å². The van der Waals surface area contributed by atoms with E-state index in [1.807, 2.05) is 0 Å². The monoisotopic (exact) mass is 484 g/mol. The van der Waals surface area contributed by atoms with Gasteiger partial charge in [-0.05, 0) is 18.2 Å². The molecule has 0 saturated heterocycles. The highest BCUT2D eigenvalue weighted by Gasteiger charge is 2.58. The Morgan fingerprint density at radius 2 is 1.49 bits per heavy atom. The standard InChI is InChI=1S/C23H12N6O5S/c24-27-15-11-10-14-17(18(15)28-25)22(32)19(29-26)23(21(14)31)35(33,34)16-9-5-4-8-13(16)20(30)12-6-2-1-3-7-12/h1-11,23H. The molecule has 2 aliphatic rings. The fraction of sp³-hybridized carbons (Fsp3) is 0.0435. The average Bonchev–Trinajstić information content (AvgIpc) is 2.89. The zero-order valence-electron chi connectivity index (χ0n) is 17.6. The minimum absolute atomic E-state index is 0.192. The summed E-state index contributed by atoms with van der Waals surface area (Å²) in [7, 11) is -4.81. The number of hydrogen-bond donors (Lipinski definition) is 0. The molecule has 0 aromatic heterocycles. The molecule has 0 amide bonds. The molecule has 0 fully saturated rings. The van der Waals surface area contributed by atoms with Crippen LogP contribution >= 0.6 is 0 Å². The van der Waals surface area contributed by atoms with Crippen molar-refractivity contribution in [3.8, 4) is 0 Å². The molecule has 1 unspecified atom stereocenters. The van der Waals surface area contributed by atoms with Crippen molar-refractivity contribution in [1.82, 2.24) is 0 Å². The Balaban J connectivity index is 1.93. The van der Waals surface area contributed by atoms with Gasteiger partial charge in [-0.3, -0.25) is 14.4 Å². The van der Waals surface area contributed by atoms with Gasteiger partial charge >= 0.3 is 17.1 Å². The maximum absolute atomic E-state index is 13.7. The number of carbonyl (C=O) groups is 3. The summed E-state index contributed by atoms with van der Waals surface area (Å²) in [6, 6.07) is 13.0. The highest BCUT2D eigenvalue weighted by Crippen LogP contribution is 2.31. The van der Waals surface area contributed by atoms with Crippen LogP contribution in [-0.4, -0.2) is 62.5 Å². The third kappa shape index (κ3) is 3.57. The van der Waals surface area contributed by atoms with Crippen molar-refractivity contribution in [3.63, 3.8) is 0 Å². The number of Topliss-reactive ketones (excluding diaryl/α,β-unsaturated/α-hetero) is 2. The van der Waals surface area contributed by atoms with Gasteiger partial charge in [0.1, 0.15) is 5.57 Å². The molecule has 170 valence electrons. The van der Waals surface area contributed by atoms with Gasteiger partial charge in [0.15, 0.2) is 11.6 Å². The molecule has 0 radical (unpaired) electrons. The second-order valence-corrected chi connectivity index (χ2v) is 9.35. The third-order valence-electron chi connectivity index (χ3n) is 5.47. The van der Waals surface area contributed by atoms with Gasteiger partial charge in [-0.2, -0.15) is 14.4 Å². The molecular weight excluding hydrogens is 472 g/mol. The molecule has 35 heavy (non-hydrogen) atoms. The molecule has 2 aliphatic carbocycles. The number of nitrogens with zero attached hydrogens (tertiary/aromatic N) is 6. The lowest BCUT2D eigenvalue weighted by Gasteiger charge is -2.20. The second-order valence-electron chi connectivity index (χ2n) is 7.35. The summed E-state index contributed by atoms with van der Waals surface area (Å²) in [5.41, 5.74) is 24.8. The van der Waals surface area contributed by atoms with Crippen LogP contribution in [0.2, 0.25) is 0 Å². The smallest absolute Gasteiger partial charge is 0.361 e. The Kier molecular flexibility index (Phi) is 5.80. The highest BCUT2D eigenvalue weighted by molar-refractivity contribution is 7.94. The van der Waals surface area contributed by atoms with E-state index in [4.69, 9.17) is 5.53 Å². The molecule has 2 aromatic carbocycles. The van der Waals surface area contributed by atoms with Gasteiger partial charge in [-0.25, -0.2) is 8.42 Å². The van der Waals surface area contributed by atoms with Crippen molar-refractivity contribution >= 4 is 44.3 Å². The molecule has 0 saturated carbocycles. The summed E-state index contributed by atoms with van der Waals surface area (Å²) in [4.78, 5) is 47.5. The molecule has 12 heteroatoms. The predicted octanol–water partition coefficient (Wildman–Crippen LogP) is 1.09. The van der Waals surface area contributed by atoms with Gasteiger partial charge in [0.05, 0.1) is 4.90 Å². The average molecular weight is 484 g/mol. The Bertz CT molecular complexity index is 1670. The van der Waals surface area contributed by atoms with Crippen molar-refractivity contribution < 1.29 is 37.2 Å². The molecule has 0 heterocycles. The van der Waals surface area contributed by atoms with Crippen LogP contribution in [0.1, 0.15) is 15.9 Å². The number of allylic oxidation sites excluding steroid dienone is 4. The van der Waals surface area contributed by atoms with Crippen molar-refractivity contribution in [2.45, 2.75) is 10.1 Å². The van der Waals surface area contributed by atoms with Gasteiger partial charge in [-0.15, -0.1) is 0 Å². The van der Waals surface area contributed by atoms with E-state index < -0.39 is 59.9 Å². The molecule has 0 bridgehead atoms. The Morgan fingerprint density at radius 1 is 0.829 bits per heavy atom. The maximum Gasteiger partial charge on any atom is 0.415 e. The lowest BCUT2D eigenvalue weighted by molar-refractivity contribution is -0.120. The first-order chi connectivity index (χ1) is 16.8. The third-order valence-corrected chi connectivity index (χ3v) is 7.50. The summed E-state index contributed by atoms with van der Waals surface area (Å²) >= 11 is 0. The first-order valence-corrected chi connectivity index (χ1v) is 11.4. The number of sulfone groups is 1. The highest BCUT2D eigenvalue weighted by atomic mass is 32.2. The summed E-state index contributed by atoms with van der Waals surface area (Å²) in [5.74, 6) is -3.04. The minimum atomic E-state index is -4.81. The molecule has 1 atom stereocenters. The van der Waals surface area contributed by atoms with E-state index in [2.05, 4.69) is 14.4 Å². The molecule has 4 rings (SSSR count). The number of rotatable bonds is 4. The van der Waals surface area contributed by atoms with Crippen LogP contribution in [-0.2, 0) is 19.4 Å². The Morgan fingerprint density at radius 3 is 2.11 bits per heavy atom. The van der Waals surface area contributed by atoms with E-state index in [1.165, 1.54) is 30.3 Å². The quantitative estimate of drug-likeness (QED) is 0.270. The van der Waals surface area contributed by atoms with Gasteiger partial charge in [0.2, 0.25) is 15.1 Å². The lowest BCUT2D eigenvalue weighted by atomic mass is 9.81. The van der Waals surface area contributed by atoms with E-state index in [9.17, 15) is 33.9 Å². The summed E-state index contributed by atoms with van der Waals surface area (Å²) in [5, 5.41) is -2.29. The van der Waals surface area contributed by atoms with Crippen molar-refractivity contribution in [2.24, 2.45) is 0 Å². The number of ketones is 3. The molecule has 11 nitrogen and oxygen atoms in total. The first-order valence-electron chi connectivity index (χ1n) is 9.88. The fourth-order valence-corrected chi connectivity index (χ4v) is 5.72. The lowest BCUT2D eigenvalue weighted by Crippen LogP contribution is -2.50. The Hall–Kier alpha value is -4.98. The molecule has 2 aromatic rings. The second kappa shape index (κ2) is 8.75. The van der Waals surface area contributed by atoms with E-state index in [0.29, 0.717) is 0 Å². The van der Waals surface area contributed by atoms with Crippen LogP contribution in [0.25, 0.3) is 16.6 Å². The van der Waals surface area contributed by atoms with Gasteiger partial charge < -0.3 is 16.6 Å². The molecule has 0 spiro atoms. The van der Waals surface area contributed by atoms with Gasteiger partial charge in [-0.1, -0.05) is 42.5 Å². The van der Waals surface area contributed by atoms with Crippen LogP contribution in [0, 0.1) is 0 Å². The number of benzene rings is 2. The first kappa shape index (κ1) is 23.2. The molecular formula is C23H12N6O5S. The van der Waals surface area contributed by atoms with Crippen molar-refractivity contribution in [3.05, 3.63) is 106 Å². The van der Waals surface area contributed by atoms with E-state index >= 15 is 0 Å². The number of hydrogen-bond acceptors (Lipinski definition) is 5. The molecule has 0 aliphatic heterocycles.